The molecule has 0 spiro atoms. The van der Waals surface area contributed by atoms with E-state index in [9.17, 15) is 43.5 Å². The first kappa shape index (κ1) is 97.2. The summed E-state index contributed by atoms with van der Waals surface area (Å²) in [7, 11) is -9.79. The third kappa shape index (κ3) is 77.1. The van der Waals surface area contributed by atoms with E-state index in [4.69, 9.17) is 32.3 Å². The summed E-state index contributed by atoms with van der Waals surface area (Å²) in [5.41, 5.74) is 0. The minimum Gasteiger partial charge on any atom is -0.463 e. The van der Waals surface area contributed by atoms with Gasteiger partial charge in [-0.05, 0) is 128 Å². The van der Waals surface area contributed by atoms with Crippen LogP contribution in [0.1, 0.15) is 342 Å². The highest BCUT2D eigenvalue weighted by Gasteiger charge is 2.29. The number of allylic oxidation sites excluding steroid dienone is 18. The maximum Gasteiger partial charge on any atom is 0.472 e. The second-order valence-electron chi connectivity index (χ2n) is 26.8. The second-order valence-corrected chi connectivity index (χ2v) is 29.7. The summed E-state index contributed by atoms with van der Waals surface area (Å²) in [4.78, 5) is 58.6. The number of carbonyl (C=O) groups is 3. The van der Waals surface area contributed by atoms with Gasteiger partial charge in [0, 0.05) is 19.3 Å². The van der Waals surface area contributed by atoms with Crippen LogP contribution in [0.3, 0.4) is 0 Å². The molecule has 0 bridgehead atoms. The van der Waals surface area contributed by atoms with Crippen LogP contribution in [0.4, 0.5) is 0 Å². The van der Waals surface area contributed by atoms with Gasteiger partial charge < -0.3 is 34.2 Å². The number of rotatable bonds is 76. The Bertz CT molecular complexity index is 2270. The molecule has 0 saturated heterocycles. The van der Waals surface area contributed by atoms with Crippen LogP contribution in [-0.4, -0.2) is 95.9 Å². The summed E-state index contributed by atoms with van der Waals surface area (Å²) in [6.07, 6.45) is 88.7. The molecule has 0 heterocycles. The zero-order valence-corrected chi connectivity index (χ0v) is 65.6. The Balaban J connectivity index is 4.40. The lowest BCUT2D eigenvalue weighted by Gasteiger charge is -2.21. The van der Waals surface area contributed by atoms with Gasteiger partial charge in [-0.25, -0.2) is 9.13 Å². The topological polar surface area (TPSA) is 231 Å². The van der Waals surface area contributed by atoms with E-state index in [0.29, 0.717) is 19.3 Å². The summed E-state index contributed by atoms with van der Waals surface area (Å²) in [5, 5.41) is 20.6. The first-order chi connectivity index (χ1) is 49.2. The standard InChI is InChI=1S/C83H146O16P2/c1-4-7-10-13-16-19-22-25-27-29-31-32-33-34-35-36-37-38-39-40-41-42-43-44-46-48-49-52-54-57-60-63-66-69-81(86)93-72-78(84)73-95-100(89,90)96-74-79(85)75-97-101(91,92)98-77-80(99-83(88)71-68-65-62-59-56-51-24-21-18-15-12-9-6-3)76-94-82(87)70-67-64-61-58-55-53-50-47-45-30-28-26-23-20-17-14-11-8-5-2/h7,10,16-17,19-21,24-28,31-32,34-35,45,47,78-80,84-85H,4-6,8-9,11-15,18,22-23,29-30,33,36-44,46,48-77H2,1-3H3,(H,89,90)(H,91,92)/b10-7-,19-16-,20-17-,24-21-,27-25-,28-26-,32-31-,35-34-,47-45-. The molecule has 0 saturated carbocycles. The smallest absolute Gasteiger partial charge is 0.463 e. The molecule has 0 aliphatic carbocycles. The van der Waals surface area contributed by atoms with Gasteiger partial charge in [0.1, 0.15) is 25.4 Å². The first-order valence-electron chi connectivity index (χ1n) is 40.2. The Morgan fingerprint density at radius 2 is 0.525 bits per heavy atom. The van der Waals surface area contributed by atoms with Crippen LogP contribution in [0.15, 0.2) is 109 Å². The molecular weight excluding hydrogens is 1310 g/mol. The number of aliphatic hydroxyl groups is 2. The predicted molar refractivity (Wildman–Crippen MR) is 417 cm³/mol. The molecule has 584 valence electrons. The average Bonchev–Trinajstić information content (AvgIpc) is 0.933. The van der Waals surface area contributed by atoms with Crippen LogP contribution < -0.4 is 0 Å². The fraction of sp³-hybridized carbons (Fsp3) is 0.747. The molecule has 0 rings (SSSR count). The van der Waals surface area contributed by atoms with Crippen molar-refractivity contribution < 1.29 is 75.8 Å². The lowest BCUT2D eigenvalue weighted by atomic mass is 10.0. The van der Waals surface area contributed by atoms with Gasteiger partial charge in [0.15, 0.2) is 6.10 Å². The quantitative estimate of drug-likeness (QED) is 0.0146. The SMILES string of the molecule is CC/C=C\C/C=C\C/C=C\C/C=C\C/C=C\CCCCCCCCCCCCCCCCCCCC(=O)OCC(O)COP(=O)(O)OCC(O)COP(=O)(O)OCC(COC(=O)CCCCCCCC/C=C\C/C=C\C/C=C\CCCCC)OC(=O)CCCCCCC/C=C\CCCCCC. The molecule has 5 unspecified atom stereocenters. The van der Waals surface area contributed by atoms with E-state index in [1.807, 2.05) is 0 Å². The third-order valence-corrected chi connectivity index (χ3v) is 18.9. The van der Waals surface area contributed by atoms with E-state index in [1.54, 1.807) is 0 Å². The maximum atomic E-state index is 12.9. The van der Waals surface area contributed by atoms with Crippen LogP contribution in [0.25, 0.3) is 0 Å². The van der Waals surface area contributed by atoms with Crippen LogP contribution in [0.5, 0.6) is 0 Å². The molecule has 18 heteroatoms. The van der Waals surface area contributed by atoms with E-state index in [1.165, 1.54) is 135 Å². The zero-order valence-electron chi connectivity index (χ0n) is 63.8. The number of hydrogen-bond donors (Lipinski definition) is 4. The Kier molecular flexibility index (Phi) is 73.0. The number of hydrogen-bond acceptors (Lipinski definition) is 14. The number of aliphatic hydroxyl groups excluding tert-OH is 2. The van der Waals surface area contributed by atoms with E-state index < -0.39 is 91.5 Å². The van der Waals surface area contributed by atoms with Crippen molar-refractivity contribution in [3.05, 3.63) is 109 Å². The summed E-state index contributed by atoms with van der Waals surface area (Å²) in [6, 6.07) is 0. The van der Waals surface area contributed by atoms with Gasteiger partial charge in [0.05, 0.1) is 26.4 Å². The lowest BCUT2D eigenvalue weighted by molar-refractivity contribution is -0.161. The number of carbonyl (C=O) groups excluding carboxylic acids is 3. The van der Waals surface area contributed by atoms with Crippen molar-refractivity contribution in [2.75, 3.05) is 39.6 Å². The first-order valence-corrected chi connectivity index (χ1v) is 43.2. The number of unbranched alkanes of at least 4 members (excludes halogenated alkanes) is 35. The number of phosphoric ester groups is 2. The van der Waals surface area contributed by atoms with Gasteiger partial charge in [-0.15, -0.1) is 0 Å². The van der Waals surface area contributed by atoms with Crippen molar-refractivity contribution in [1.29, 1.82) is 0 Å². The minimum absolute atomic E-state index is 0.0920. The van der Waals surface area contributed by atoms with Crippen LogP contribution in [-0.2, 0) is 55.8 Å². The van der Waals surface area contributed by atoms with E-state index in [-0.39, 0.29) is 19.3 Å². The molecule has 101 heavy (non-hydrogen) atoms. The molecule has 0 amide bonds. The highest BCUT2D eigenvalue weighted by molar-refractivity contribution is 7.47. The van der Waals surface area contributed by atoms with Gasteiger partial charge in [-0.1, -0.05) is 304 Å². The normalized spacial score (nSPS) is 14.6. The second kappa shape index (κ2) is 75.9. The highest BCUT2D eigenvalue weighted by Crippen LogP contribution is 2.45. The largest absolute Gasteiger partial charge is 0.472 e. The van der Waals surface area contributed by atoms with Gasteiger partial charge >= 0.3 is 33.6 Å². The van der Waals surface area contributed by atoms with E-state index in [2.05, 4.69) is 130 Å². The summed E-state index contributed by atoms with van der Waals surface area (Å²) in [5.74, 6) is -1.59. The van der Waals surface area contributed by atoms with Crippen molar-refractivity contribution in [3.8, 4) is 0 Å². The van der Waals surface area contributed by atoms with Crippen molar-refractivity contribution in [2.45, 2.75) is 360 Å². The Morgan fingerprint density at radius 1 is 0.287 bits per heavy atom. The fourth-order valence-corrected chi connectivity index (χ4v) is 12.4. The lowest BCUT2D eigenvalue weighted by Crippen LogP contribution is -2.30. The molecular formula is C83H146O16P2. The summed E-state index contributed by atoms with van der Waals surface area (Å²) < 4.78 is 61.1. The van der Waals surface area contributed by atoms with Gasteiger partial charge in [0.2, 0.25) is 0 Å². The molecule has 0 aromatic carbocycles. The molecule has 0 aliphatic rings. The third-order valence-electron chi connectivity index (χ3n) is 17.0. The van der Waals surface area contributed by atoms with E-state index in [0.717, 1.165) is 148 Å². The van der Waals surface area contributed by atoms with Gasteiger partial charge in [0.25, 0.3) is 0 Å². The molecule has 0 fully saturated rings. The molecule has 0 aromatic rings. The van der Waals surface area contributed by atoms with Gasteiger partial charge in [-0.3, -0.25) is 32.5 Å². The van der Waals surface area contributed by atoms with Crippen LogP contribution in [0, 0.1) is 0 Å². The molecule has 16 nitrogen and oxygen atoms in total. The summed E-state index contributed by atoms with van der Waals surface area (Å²) >= 11 is 0. The monoisotopic (exact) mass is 1460 g/mol. The van der Waals surface area contributed by atoms with Crippen LogP contribution >= 0.6 is 15.6 Å². The highest BCUT2D eigenvalue weighted by atomic mass is 31.2. The minimum atomic E-state index is -4.93. The zero-order chi connectivity index (χ0) is 73.7. The molecule has 0 radical (unpaired) electrons. The molecule has 0 aromatic heterocycles. The number of ether oxygens (including phenoxy) is 3. The summed E-state index contributed by atoms with van der Waals surface area (Å²) in [6.45, 7) is 2.53. The average molecular weight is 1460 g/mol. The fourth-order valence-electron chi connectivity index (χ4n) is 10.8. The Morgan fingerprint density at radius 3 is 0.861 bits per heavy atom. The van der Waals surface area contributed by atoms with Crippen molar-refractivity contribution >= 4 is 33.6 Å². The van der Waals surface area contributed by atoms with E-state index >= 15 is 0 Å². The molecule has 0 aliphatic heterocycles. The maximum absolute atomic E-state index is 12.9. The van der Waals surface area contributed by atoms with Crippen molar-refractivity contribution in [1.82, 2.24) is 0 Å². The van der Waals surface area contributed by atoms with Crippen LogP contribution in [0.2, 0.25) is 0 Å². The number of esters is 3. The molecule has 4 N–H and O–H groups in total. The Hall–Kier alpha value is -3.79. The van der Waals surface area contributed by atoms with Crippen molar-refractivity contribution in [2.24, 2.45) is 0 Å². The van der Waals surface area contributed by atoms with Crippen molar-refractivity contribution in [3.63, 3.8) is 0 Å². The Labute approximate surface area is 615 Å². The number of phosphoric acid groups is 2. The predicted octanol–water partition coefficient (Wildman–Crippen LogP) is 23.5. The van der Waals surface area contributed by atoms with Gasteiger partial charge in [-0.2, -0.15) is 0 Å². The molecule has 5 atom stereocenters.